The van der Waals surface area contributed by atoms with Crippen molar-refractivity contribution in [1.82, 2.24) is 9.47 Å². The number of nitrogens with zero attached hydrogens (tertiary/aromatic N) is 3. The molecule has 0 amide bonds. The van der Waals surface area contributed by atoms with Gasteiger partial charge in [0.25, 0.3) is 0 Å². The molecule has 1 saturated carbocycles. The highest BCUT2D eigenvalue weighted by atomic mass is 19.1. The highest BCUT2D eigenvalue weighted by Gasteiger charge is 2.35. The Labute approximate surface area is 160 Å². The lowest BCUT2D eigenvalue weighted by Crippen LogP contribution is -2.45. The number of pyridine rings is 1. The summed E-state index contributed by atoms with van der Waals surface area (Å²) in [6, 6.07) is 0.00320. The van der Waals surface area contributed by atoms with Crippen molar-refractivity contribution in [3.8, 4) is 5.75 Å². The van der Waals surface area contributed by atoms with E-state index in [0.29, 0.717) is 24.5 Å². The van der Waals surface area contributed by atoms with Crippen LogP contribution in [0.15, 0.2) is 11.0 Å². The first-order valence-corrected chi connectivity index (χ1v) is 9.45. The summed E-state index contributed by atoms with van der Waals surface area (Å²) in [6.45, 7) is 3.05. The van der Waals surface area contributed by atoms with Crippen molar-refractivity contribution in [1.29, 1.82) is 0 Å². The second-order valence-corrected chi connectivity index (χ2v) is 7.66. The molecular formula is C19H21FN4O4. The zero-order chi connectivity index (χ0) is 19.6. The minimum atomic E-state index is -1.32. The summed E-state index contributed by atoms with van der Waals surface area (Å²) >= 11 is 0. The van der Waals surface area contributed by atoms with E-state index in [9.17, 15) is 14.7 Å². The fraction of sp³-hybridized carbons (Fsp3) is 0.474. The molecule has 148 valence electrons. The lowest BCUT2D eigenvalue weighted by molar-refractivity contribution is 0.0695. The molecule has 28 heavy (non-hydrogen) atoms. The molecule has 2 N–H and O–H groups in total. The summed E-state index contributed by atoms with van der Waals surface area (Å²) in [5, 5.41) is 12.5. The average molecular weight is 388 g/mol. The molecule has 2 fully saturated rings. The van der Waals surface area contributed by atoms with Crippen molar-refractivity contribution >= 4 is 28.2 Å². The summed E-state index contributed by atoms with van der Waals surface area (Å²) in [6.07, 6.45) is 2.95. The van der Waals surface area contributed by atoms with Gasteiger partial charge < -0.3 is 29.5 Å². The zero-order valence-electron chi connectivity index (χ0n) is 15.5. The van der Waals surface area contributed by atoms with Crippen LogP contribution in [0, 0.1) is 5.82 Å². The van der Waals surface area contributed by atoms with Crippen LogP contribution in [0.2, 0.25) is 0 Å². The number of benzene rings is 1. The van der Waals surface area contributed by atoms with Gasteiger partial charge in [-0.2, -0.15) is 0 Å². The Kier molecular flexibility index (Phi) is 3.77. The molecule has 1 aromatic heterocycles. The number of hydrogen-bond acceptors (Lipinski definition) is 6. The van der Waals surface area contributed by atoms with Gasteiger partial charge in [0, 0.05) is 38.4 Å². The Balaban J connectivity index is 1.83. The van der Waals surface area contributed by atoms with Crippen LogP contribution in [-0.2, 0) is 0 Å². The van der Waals surface area contributed by atoms with E-state index < -0.39 is 17.2 Å². The third-order valence-corrected chi connectivity index (χ3v) is 5.80. The van der Waals surface area contributed by atoms with E-state index in [0.717, 1.165) is 25.9 Å². The van der Waals surface area contributed by atoms with Gasteiger partial charge in [-0.1, -0.05) is 0 Å². The first-order valence-electron chi connectivity index (χ1n) is 9.45. The predicted octanol–water partition coefficient (Wildman–Crippen LogP) is 1.69. The number of carbonyl (C=O) groups is 1. The molecule has 5 rings (SSSR count). The molecule has 0 radical (unpaired) electrons. The predicted molar refractivity (Wildman–Crippen MR) is 102 cm³/mol. The van der Waals surface area contributed by atoms with Crippen LogP contribution in [0.1, 0.15) is 29.2 Å². The Bertz CT molecular complexity index is 1050. The molecule has 3 heterocycles. The number of fused-ring (bicyclic) bond motifs is 3. The standard InChI is InChI=1S/C19H21FN4O4/c1-22-4-6-23(7-5-22)16-13(20)15-12(18-14(16)21-9-28-18)17(25)11(19(26)27)8-24(15)10-2-3-10/h8,10,21H,2-7,9H2,1H3,(H,26,27). The van der Waals surface area contributed by atoms with E-state index in [2.05, 4.69) is 10.2 Å². The maximum absolute atomic E-state index is 15.9. The SMILES string of the molecule is CN1CCN(c2c3c(c4c(=O)c(C(=O)O)cn(C5CC5)c4c2F)OCN3)CC1. The number of aromatic carboxylic acids is 1. The molecule has 0 bridgehead atoms. The topological polar surface area (TPSA) is 87.0 Å². The molecule has 2 aliphatic heterocycles. The fourth-order valence-electron chi connectivity index (χ4n) is 4.13. The molecule has 9 heteroatoms. The quantitative estimate of drug-likeness (QED) is 0.827. The molecule has 1 aliphatic carbocycles. The highest BCUT2D eigenvalue weighted by molar-refractivity contribution is 6.02. The smallest absolute Gasteiger partial charge is 0.341 e. The molecule has 0 spiro atoms. The molecule has 1 aromatic carbocycles. The van der Waals surface area contributed by atoms with Crippen LogP contribution in [0.3, 0.4) is 0 Å². The third-order valence-electron chi connectivity index (χ3n) is 5.80. The number of anilines is 2. The number of ether oxygens (including phenoxy) is 1. The first-order chi connectivity index (χ1) is 13.5. The maximum Gasteiger partial charge on any atom is 0.341 e. The van der Waals surface area contributed by atoms with E-state index in [1.165, 1.54) is 6.20 Å². The summed E-state index contributed by atoms with van der Waals surface area (Å²) in [5.41, 5.74) is -0.0672. The van der Waals surface area contributed by atoms with E-state index >= 15 is 4.39 Å². The van der Waals surface area contributed by atoms with Gasteiger partial charge in [-0.15, -0.1) is 0 Å². The van der Waals surface area contributed by atoms with Gasteiger partial charge in [0.1, 0.15) is 16.9 Å². The number of hydrogen-bond donors (Lipinski definition) is 2. The second-order valence-electron chi connectivity index (χ2n) is 7.66. The number of carboxylic acids is 1. The van der Waals surface area contributed by atoms with Crippen molar-refractivity contribution in [2.45, 2.75) is 18.9 Å². The van der Waals surface area contributed by atoms with Crippen LogP contribution >= 0.6 is 0 Å². The Morgan fingerprint density at radius 1 is 1.29 bits per heavy atom. The molecule has 1 saturated heterocycles. The molecular weight excluding hydrogens is 367 g/mol. The Hall–Kier alpha value is -2.81. The van der Waals surface area contributed by atoms with Gasteiger partial charge in [-0.25, -0.2) is 9.18 Å². The largest absolute Gasteiger partial charge is 0.477 e. The number of likely N-dealkylation sites (N-methyl/N-ethyl adjacent to an activating group) is 1. The first kappa shape index (κ1) is 17.3. The number of rotatable bonds is 3. The Morgan fingerprint density at radius 3 is 2.64 bits per heavy atom. The number of carboxylic acid groups (broad SMARTS) is 1. The molecule has 2 aromatic rings. The maximum atomic E-state index is 15.9. The van der Waals surface area contributed by atoms with Gasteiger partial charge in [0.2, 0.25) is 5.43 Å². The highest BCUT2D eigenvalue weighted by Crippen LogP contribution is 2.48. The monoisotopic (exact) mass is 388 g/mol. The Morgan fingerprint density at radius 2 is 2.00 bits per heavy atom. The van der Waals surface area contributed by atoms with E-state index in [1.807, 2.05) is 11.9 Å². The zero-order valence-corrected chi connectivity index (χ0v) is 15.5. The summed E-state index contributed by atoms with van der Waals surface area (Å²) in [5.74, 6) is -1.55. The van der Waals surface area contributed by atoms with Crippen molar-refractivity contribution in [3.63, 3.8) is 0 Å². The lowest BCUT2D eigenvalue weighted by Gasteiger charge is -2.35. The minimum absolute atomic E-state index is 0.00320. The summed E-state index contributed by atoms with van der Waals surface area (Å²) < 4.78 is 23.2. The van der Waals surface area contributed by atoms with Crippen LogP contribution < -0.4 is 20.4 Å². The molecule has 0 unspecified atom stereocenters. The lowest BCUT2D eigenvalue weighted by atomic mass is 10.1. The third kappa shape index (κ3) is 2.46. The minimum Gasteiger partial charge on any atom is -0.477 e. The second kappa shape index (κ2) is 6.10. The van der Waals surface area contributed by atoms with Crippen molar-refractivity contribution in [2.24, 2.45) is 0 Å². The normalized spacial score (nSPS) is 19.4. The van der Waals surface area contributed by atoms with Gasteiger partial charge in [-0.05, 0) is 19.9 Å². The van der Waals surface area contributed by atoms with Crippen molar-refractivity contribution in [2.75, 3.05) is 50.2 Å². The van der Waals surface area contributed by atoms with Crippen LogP contribution in [-0.4, -0.2) is 60.5 Å². The van der Waals surface area contributed by atoms with E-state index in [1.54, 1.807) is 4.57 Å². The van der Waals surface area contributed by atoms with Crippen molar-refractivity contribution in [3.05, 3.63) is 27.8 Å². The van der Waals surface area contributed by atoms with Crippen LogP contribution in [0.5, 0.6) is 5.75 Å². The number of nitrogens with one attached hydrogen (secondary N) is 1. The van der Waals surface area contributed by atoms with Gasteiger partial charge in [0.05, 0.1) is 10.9 Å². The van der Waals surface area contributed by atoms with Crippen LogP contribution in [0.4, 0.5) is 15.8 Å². The van der Waals surface area contributed by atoms with E-state index in [-0.39, 0.29) is 35.0 Å². The molecule has 8 nitrogen and oxygen atoms in total. The van der Waals surface area contributed by atoms with E-state index in [4.69, 9.17) is 4.74 Å². The summed E-state index contributed by atoms with van der Waals surface area (Å²) in [4.78, 5) is 28.7. The van der Waals surface area contributed by atoms with Crippen molar-refractivity contribution < 1.29 is 19.0 Å². The number of piperazine rings is 1. The van der Waals surface area contributed by atoms with Gasteiger partial charge in [-0.3, -0.25) is 4.79 Å². The van der Waals surface area contributed by atoms with Gasteiger partial charge in [0.15, 0.2) is 18.3 Å². The summed E-state index contributed by atoms with van der Waals surface area (Å²) in [7, 11) is 2.03. The molecule has 0 atom stereocenters. The fourth-order valence-corrected chi connectivity index (χ4v) is 4.13. The average Bonchev–Trinajstić information content (AvgIpc) is 3.40. The molecule has 3 aliphatic rings. The van der Waals surface area contributed by atoms with Crippen LogP contribution in [0.25, 0.3) is 10.9 Å². The number of halogens is 1. The number of aromatic nitrogens is 1. The van der Waals surface area contributed by atoms with Gasteiger partial charge >= 0.3 is 5.97 Å².